The molecule has 0 heterocycles. The van der Waals surface area contributed by atoms with Gasteiger partial charge in [0, 0.05) is 12.2 Å². The minimum absolute atomic E-state index is 0.0977. The summed E-state index contributed by atoms with van der Waals surface area (Å²) in [4.78, 5) is 0. The van der Waals surface area contributed by atoms with Crippen LogP contribution >= 0.6 is 0 Å². The van der Waals surface area contributed by atoms with Crippen molar-refractivity contribution in [2.75, 3.05) is 18.5 Å². The number of hydrogen-bond acceptors (Lipinski definition) is 3. The maximum Gasteiger partial charge on any atom is 0.125 e. The van der Waals surface area contributed by atoms with E-state index < -0.39 is 6.10 Å². The van der Waals surface area contributed by atoms with Crippen molar-refractivity contribution in [1.29, 1.82) is 0 Å². The molecule has 0 radical (unpaired) electrons. The van der Waals surface area contributed by atoms with Crippen molar-refractivity contribution in [2.24, 2.45) is 0 Å². The summed E-state index contributed by atoms with van der Waals surface area (Å²) in [5.41, 5.74) is 1.65. The molecule has 0 amide bonds. The van der Waals surface area contributed by atoms with Crippen LogP contribution in [0.3, 0.4) is 0 Å². The zero-order valence-corrected chi connectivity index (χ0v) is 10.5. The Morgan fingerprint density at radius 1 is 1.41 bits per heavy atom. The molecule has 0 saturated carbocycles. The molecule has 0 aromatic heterocycles. The Hall–Kier alpha value is -1.13. The van der Waals surface area contributed by atoms with E-state index in [-0.39, 0.29) is 18.5 Å². The van der Waals surface area contributed by atoms with E-state index >= 15 is 0 Å². The fourth-order valence-electron chi connectivity index (χ4n) is 1.37. The molecule has 4 heteroatoms. The molecule has 3 nitrogen and oxygen atoms in total. The van der Waals surface area contributed by atoms with Gasteiger partial charge in [-0.3, -0.25) is 0 Å². The van der Waals surface area contributed by atoms with Crippen molar-refractivity contribution in [1.82, 2.24) is 0 Å². The number of anilines is 1. The van der Waals surface area contributed by atoms with E-state index in [0.29, 0.717) is 12.2 Å². The lowest BCUT2D eigenvalue weighted by Gasteiger charge is -2.16. The van der Waals surface area contributed by atoms with Crippen LogP contribution in [0, 0.1) is 12.7 Å². The van der Waals surface area contributed by atoms with Crippen molar-refractivity contribution in [3.05, 3.63) is 29.6 Å². The third-order valence-corrected chi connectivity index (χ3v) is 2.35. The minimum atomic E-state index is -0.597. The van der Waals surface area contributed by atoms with Gasteiger partial charge in [0.25, 0.3) is 0 Å². The van der Waals surface area contributed by atoms with Crippen LogP contribution < -0.4 is 5.32 Å². The van der Waals surface area contributed by atoms with Crippen LogP contribution in [-0.2, 0) is 4.74 Å². The molecule has 0 saturated heterocycles. The molecule has 1 atom stereocenters. The van der Waals surface area contributed by atoms with E-state index in [1.54, 1.807) is 6.07 Å². The SMILES string of the molecule is Cc1ccc(F)cc1NCC(O)COC(C)C. The lowest BCUT2D eigenvalue weighted by molar-refractivity contribution is 0.0112. The highest BCUT2D eigenvalue weighted by Crippen LogP contribution is 2.15. The molecule has 2 N–H and O–H groups in total. The first-order valence-electron chi connectivity index (χ1n) is 5.78. The molecular formula is C13H20FNO2. The average molecular weight is 241 g/mol. The maximum atomic E-state index is 13.0. The molecular weight excluding hydrogens is 221 g/mol. The Kier molecular flexibility index (Phi) is 5.38. The third-order valence-electron chi connectivity index (χ3n) is 2.35. The van der Waals surface area contributed by atoms with Crippen LogP contribution in [0.15, 0.2) is 18.2 Å². The highest BCUT2D eigenvalue weighted by Gasteiger charge is 2.07. The van der Waals surface area contributed by atoms with E-state index in [1.807, 2.05) is 20.8 Å². The summed E-state index contributed by atoms with van der Waals surface area (Å²) in [6.07, 6.45) is -0.499. The predicted octanol–water partition coefficient (Wildman–Crippen LogP) is 2.33. The molecule has 1 aromatic rings. The van der Waals surface area contributed by atoms with E-state index in [9.17, 15) is 9.50 Å². The molecule has 96 valence electrons. The molecule has 0 fully saturated rings. The third kappa shape index (κ3) is 5.15. The first-order valence-corrected chi connectivity index (χ1v) is 5.78. The van der Waals surface area contributed by atoms with E-state index in [2.05, 4.69) is 5.32 Å². The van der Waals surface area contributed by atoms with Crippen LogP contribution in [-0.4, -0.2) is 30.5 Å². The number of nitrogens with one attached hydrogen (secondary N) is 1. The second-order valence-corrected chi connectivity index (χ2v) is 4.38. The minimum Gasteiger partial charge on any atom is -0.389 e. The summed E-state index contributed by atoms with van der Waals surface area (Å²) < 4.78 is 18.3. The predicted molar refractivity (Wildman–Crippen MR) is 66.7 cm³/mol. The number of rotatable bonds is 6. The monoisotopic (exact) mass is 241 g/mol. The topological polar surface area (TPSA) is 41.5 Å². The number of ether oxygens (including phenoxy) is 1. The fraction of sp³-hybridized carbons (Fsp3) is 0.538. The fourth-order valence-corrected chi connectivity index (χ4v) is 1.37. The molecule has 0 aliphatic rings. The largest absolute Gasteiger partial charge is 0.389 e. The maximum absolute atomic E-state index is 13.0. The van der Waals surface area contributed by atoms with Gasteiger partial charge in [-0.25, -0.2) is 4.39 Å². The highest BCUT2D eigenvalue weighted by molar-refractivity contribution is 5.50. The number of halogens is 1. The van der Waals surface area contributed by atoms with Crippen molar-refractivity contribution in [3.8, 4) is 0 Å². The van der Waals surface area contributed by atoms with Crippen LogP contribution in [0.4, 0.5) is 10.1 Å². The molecule has 0 aliphatic carbocycles. The summed E-state index contributed by atoms with van der Waals surface area (Å²) >= 11 is 0. The van der Waals surface area contributed by atoms with Crippen LogP contribution in [0.5, 0.6) is 0 Å². The van der Waals surface area contributed by atoms with Crippen molar-refractivity contribution >= 4 is 5.69 Å². The Labute approximate surface area is 102 Å². The van der Waals surface area contributed by atoms with Crippen LogP contribution in [0.2, 0.25) is 0 Å². The molecule has 0 bridgehead atoms. The molecule has 1 aromatic carbocycles. The van der Waals surface area contributed by atoms with E-state index in [4.69, 9.17) is 4.74 Å². The standard InChI is InChI=1S/C13H20FNO2/c1-9(2)17-8-12(16)7-15-13-6-11(14)5-4-10(13)3/h4-6,9,12,15-16H,7-8H2,1-3H3. The second-order valence-electron chi connectivity index (χ2n) is 4.38. The van der Waals surface area contributed by atoms with Gasteiger partial charge in [-0.2, -0.15) is 0 Å². The van der Waals surface area contributed by atoms with Crippen LogP contribution in [0.25, 0.3) is 0 Å². The molecule has 0 spiro atoms. The molecule has 17 heavy (non-hydrogen) atoms. The van der Waals surface area contributed by atoms with Crippen LogP contribution in [0.1, 0.15) is 19.4 Å². The summed E-state index contributed by atoms with van der Waals surface area (Å²) in [6, 6.07) is 4.54. The van der Waals surface area contributed by atoms with E-state index in [0.717, 1.165) is 5.56 Å². The van der Waals surface area contributed by atoms with Crippen molar-refractivity contribution in [2.45, 2.75) is 33.0 Å². The summed E-state index contributed by atoms with van der Waals surface area (Å²) in [6.45, 7) is 6.34. The van der Waals surface area contributed by atoms with Crippen molar-refractivity contribution in [3.63, 3.8) is 0 Å². The lowest BCUT2D eigenvalue weighted by atomic mass is 10.2. The van der Waals surface area contributed by atoms with Gasteiger partial charge in [0.1, 0.15) is 5.82 Å². The van der Waals surface area contributed by atoms with Gasteiger partial charge in [-0.1, -0.05) is 6.07 Å². The van der Waals surface area contributed by atoms with Gasteiger partial charge in [-0.15, -0.1) is 0 Å². The Morgan fingerprint density at radius 3 is 2.76 bits per heavy atom. The van der Waals surface area contributed by atoms with Gasteiger partial charge in [-0.05, 0) is 38.5 Å². The van der Waals surface area contributed by atoms with Gasteiger partial charge in [0.05, 0.1) is 18.8 Å². The first kappa shape index (κ1) is 13.9. The number of aryl methyl sites for hydroxylation is 1. The zero-order valence-electron chi connectivity index (χ0n) is 10.5. The summed E-state index contributed by atoms with van der Waals surface area (Å²) in [5, 5.41) is 12.6. The quantitative estimate of drug-likeness (QED) is 0.803. The lowest BCUT2D eigenvalue weighted by Crippen LogP contribution is -2.26. The van der Waals surface area contributed by atoms with Gasteiger partial charge in [0.2, 0.25) is 0 Å². The van der Waals surface area contributed by atoms with Gasteiger partial charge >= 0.3 is 0 Å². The first-order chi connectivity index (χ1) is 7.99. The van der Waals surface area contributed by atoms with Crippen molar-refractivity contribution < 1.29 is 14.2 Å². The summed E-state index contributed by atoms with van der Waals surface area (Å²) in [5.74, 6) is -0.286. The number of hydrogen-bond donors (Lipinski definition) is 2. The average Bonchev–Trinajstić information content (AvgIpc) is 2.27. The molecule has 0 aliphatic heterocycles. The smallest absolute Gasteiger partial charge is 0.125 e. The Morgan fingerprint density at radius 2 is 2.12 bits per heavy atom. The number of aliphatic hydroxyl groups is 1. The highest BCUT2D eigenvalue weighted by atomic mass is 19.1. The second kappa shape index (κ2) is 6.57. The van der Waals surface area contributed by atoms with E-state index in [1.165, 1.54) is 12.1 Å². The van der Waals surface area contributed by atoms with Gasteiger partial charge in [0.15, 0.2) is 0 Å². The molecule has 1 unspecified atom stereocenters. The number of aliphatic hydroxyl groups excluding tert-OH is 1. The summed E-state index contributed by atoms with van der Waals surface area (Å²) in [7, 11) is 0. The Bertz CT molecular complexity index is 355. The normalized spacial score (nSPS) is 12.8. The zero-order chi connectivity index (χ0) is 12.8. The van der Waals surface area contributed by atoms with Gasteiger partial charge < -0.3 is 15.2 Å². The molecule has 1 rings (SSSR count). The number of benzene rings is 1. The Balaban J connectivity index is 2.41.